The van der Waals surface area contributed by atoms with E-state index >= 15 is 0 Å². The number of carbonyl (C=O) groups is 1. The maximum Gasteiger partial charge on any atom is 0.269 e. The summed E-state index contributed by atoms with van der Waals surface area (Å²) in [5.74, 6) is 0.843. The predicted octanol–water partition coefficient (Wildman–Crippen LogP) is 6.90. The number of thiophene rings is 1. The number of nitrogens with two attached hydrogens (primary N) is 2. The quantitative estimate of drug-likeness (QED) is 0.199. The molecule has 196 valence electrons. The molecule has 0 aliphatic heterocycles. The number of pyridine rings is 1. The summed E-state index contributed by atoms with van der Waals surface area (Å²) in [5, 5.41) is 15.6. The largest absolute Gasteiger partial charge is 0.494 e. The molecule has 0 aliphatic carbocycles. The molecule has 5 aromatic rings. The molecule has 0 saturated heterocycles. The maximum absolute atomic E-state index is 13.3. The Morgan fingerprint density at radius 3 is 2.41 bits per heavy atom. The molecule has 0 fully saturated rings. The van der Waals surface area contributed by atoms with Gasteiger partial charge in [0.15, 0.2) is 5.13 Å². The number of hydrogen-bond donors (Lipinski definition) is 3. The van der Waals surface area contributed by atoms with E-state index < -0.39 is 5.91 Å². The van der Waals surface area contributed by atoms with Gasteiger partial charge in [-0.3, -0.25) is 10.1 Å². The monoisotopic (exact) mass is 554 g/mol. The number of benzene rings is 2. The van der Waals surface area contributed by atoms with Gasteiger partial charge in [0.25, 0.3) is 5.91 Å². The smallest absolute Gasteiger partial charge is 0.269 e. The first-order valence-electron chi connectivity index (χ1n) is 12.3. The molecule has 5 N–H and O–H groups in total. The SMILES string of the molecule is CCOc1ccc(-c2csc(NC(=O)c3sc4nc(N)c(C#N)c(-c5ccc(C(C)C)cc5)c4c3N)n2)cc1. The van der Waals surface area contributed by atoms with Crippen molar-refractivity contribution in [3.8, 4) is 34.2 Å². The van der Waals surface area contributed by atoms with Gasteiger partial charge in [-0.2, -0.15) is 5.26 Å². The van der Waals surface area contributed by atoms with Crippen molar-refractivity contribution in [1.82, 2.24) is 9.97 Å². The zero-order valence-electron chi connectivity index (χ0n) is 21.6. The second-order valence-electron chi connectivity index (χ2n) is 9.11. The lowest BCUT2D eigenvalue weighted by Crippen LogP contribution is -2.11. The summed E-state index contributed by atoms with van der Waals surface area (Å²) in [5.41, 5.74) is 17.4. The summed E-state index contributed by atoms with van der Waals surface area (Å²) in [7, 11) is 0. The highest BCUT2D eigenvalue weighted by Crippen LogP contribution is 2.43. The number of thiazole rings is 1. The summed E-state index contributed by atoms with van der Waals surface area (Å²) in [6.07, 6.45) is 0. The summed E-state index contributed by atoms with van der Waals surface area (Å²) < 4.78 is 5.50. The number of fused-ring (bicyclic) bond motifs is 1. The maximum atomic E-state index is 13.3. The van der Waals surface area contributed by atoms with Crippen molar-refractivity contribution in [2.24, 2.45) is 0 Å². The van der Waals surface area contributed by atoms with Gasteiger partial charge in [-0.15, -0.1) is 22.7 Å². The molecule has 10 heteroatoms. The Hall–Kier alpha value is -4.46. The minimum absolute atomic E-state index is 0.0982. The number of rotatable bonds is 7. The Morgan fingerprint density at radius 2 is 1.77 bits per heavy atom. The van der Waals surface area contributed by atoms with E-state index in [2.05, 4.69) is 35.2 Å². The number of ether oxygens (including phenoxy) is 1. The number of nitrogens with one attached hydrogen (secondary N) is 1. The topological polar surface area (TPSA) is 140 Å². The molecule has 5 rings (SSSR count). The van der Waals surface area contributed by atoms with Crippen molar-refractivity contribution in [3.63, 3.8) is 0 Å². The Bertz CT molecular complexity index is 1710. The average Bonchev–Trinajstić information content (AvgIpc) is 3.52. The molecule has 0 saturated carbocycles. The fourth-order valence-corrected chi connectivity index (χ4v) is 6.00. The van der Waals surface area contributed by atoms with Gasteiger partial charge < -0.3 is 16.2 Å². The average molecular weight is 555 g/mol. The van der Waals surface area contributed by atoms with Crippen LogP contribution in [0.15, 0.2) is 53.9 Å². The van der Waals surface area contributed by atoms with E-state index in [1.807, 2.05) is 60.8 Å². The highest BCUT2D eigenvalue weighted by Gasteiger charge is 2.25. The van der Waals surface area contributed by atoms with Crippen molar-refractivity contribution >= 4 is 55.4 Å². The van der Waals surface area contributed by atoms with Gasteiger partial charge in [0.1, 0.15) is 32.9 Å². The molecular weight excluding hydrogens is 528 g/mol. The van der Waals surface area contributed by atoms with E-state index in [1.165, 1.54) is 16.9 Å². The Labute approximate surface area is 233 Å². The highest BCUT2D eigenvalue weighted by atomic mass is 32.1. The third-order valence-corrected chi connectivity index (χ3v) is 8.13. The van der Waals surface area contributed by atoms with E-state index in [1.54, 1.807) is 0 Å². The second kappa shape index (κ2) is 10.7. The molecule has 2 aromatic carbocycles. The first-order chi connectivity index (χ1) is 18.8. The third-order valence-electron chi connectivity index (χ3n) is 6.27. The molecular formula is C29H26N6O2S2. The minimum Gasteiger partial charge on any atom is -0.494 e. The van der Waals surface area contributed by atoms with Gasteiger partial charge in [0.05, 0.1) is 18.0 Å². The Kier molecular flexibility index (Phi) is 7.19. The van der Waals surface area contributed by atoms with Crippen molar-refractivity contribution in [2.75, 3.05) is 23.4 Å². The molecule has 3 aromatic heterocycles. The van der Waals surface area contributed by atoms with E-state index in [9.17, 15) is 10.1 Å². The normalized spacial score (nSPS) is 11.1. The van der Waals surface area contributed by atoms with Crippen LogP contribution >= 0.6 is 22.7 Å². The Balaban J connectivity index is 1.49. The number of aromatic nitrogens is 2. The second-order valence-corrected chi connectivity index (χ2v) is 11.0. The fourth-order valence-electron chi connectivity index (χ4n) is 4.28. The highest BCUT2D eigenvalue weighted by molar-refractivity contribution is 7.21. The number of anilines is 3. The number of carbonyl (C=O) groups excluding carboxylic acids is 1. The number of nitrogen functional groups attached to an aromatic ring is 2. The molecule has 0 atom stereocenters. The van der Waals surface area contributed by atoms with Gasteiger partial charge in [-0.05, 0) is 48.2 Å². The van der Waals surface area contributed by atoms with Crippen molar-refractivity contribution in [3.05, 3.63) is 69.9 Å². The van der Waals surface area contributed by atoms with Crippen LogP contribution in [-0.4, -0.2) is 22.5 Å². The van der Waals surface area contributed by atoms with Crippen LogP contribution < -0.4 is 21.5 Å². The van der Waals surface area contributed by atoms with Gasteiger partial charge in [-0.25, -0.2) is 9.97 Å². The summed E-state index contributed by atoms with van der Waals surface area (Å²) >= 11 is 2.45. The van der Waals surface area contributed by atoms with Gasteiger partial charge >= 0.3 is 0 Å². The standard InChI is InChI=1S/C29H26N6O2S2/c1-4-37-19-11-9-17(10-12-19)21-14-38-29(33-21)35-27(36)25-24(31)23-22(18-7-5-16(6-8-18)15(2)3)20(13-30)26(32)34-28(23)39-25/h5-12,14-15H,4,31H2,1-3H3,(H2,32,34)(H,33,35,36). The lowest BCUT2D eigenvalue weighted by Gasteiger charge is -2.11. The van der Waals surface area contributed by atoms with Crippen LogP contribution in [-0.2, 0) is 0 Å². The van der Waals surface area contributed by atoms with Gasteiger partial charge in [-0.1, -0.05) is 38.1 Å². The van der Waals surface area contributed by atoms with Crippen molar-refractivity contribution in [1.29, 1.82) is 5.26 Å². The number of hydrogen-bond acceptors (Lipinski definition) is 9. The van der Waals surface area contributed by atoms with Crippen LogP contribution in [0.5, 0.6) is 5.75 Å². The summed E-state index contributed by atoms with van der Waals surface area (Å²) in [6, 6.07) is 17.7. The minimum atomic E-state index is -0.402. The van der Waals surface area contributed by atoms with E-state index in [-0.39, 0.29) is 21.9 Å². The number of amides is 1. The summed E-state index contributed by atoms with van der Waals surface area (Å²) in [4.78, 5) is 23.1. The fraction of sp³-hybridized carbons (Fsp3) is 0.172. The van der Waals surface area contributed by atoms with E-state index in [4.69, 9.17) is 16.2 Å². The lowest BCUT2D eigenvalue weighted by molar-refractivity contribution is 0.103. The van der Waals surface area contributed by atoms with Crippen molar-refractivity contribution in [2.45, 2.75) is 26.7 Å². The number of nitriles is 1. The zero-order chi connectivity index (χ0) is 27.7. The molecule has 0 bridgehead atoms. The zero-order valence-corrected chi connectivity index (χ0v) is 23.2. The summed E-state index contributed by atoms with van der Waals surface area (Å²) in [6.45, 7) is 6.76. The molecule has 39 heavy (non-hydrogen) atoms. The lowest BCUT2D eigenvalue weighted by atomic mass is 9.94. The first-order valence-corrected chi connectivity index (χ1v) is 14.0. The predicted molar refractivity (Wildman–Crippen MR) is 159 cm³/mol. The molecule has 0 aliphatic rings. The number of nitrogens with zero attached hydrogens (tertiary/aromatic N) is 3. The van der Waals surface area contributed by atoms with Crippen LogP contribution in [0.3, 0.4) is 0 Å². The third kappa shape index (κ3) is 5.02. The molecule has 3 heterocycles. The molecule has 1 amide bonds. The van der Waals surface area contributed by atoms with Crippen LogP contribution in [0.2, 0.25) is 0 Å². The molecule has 0 radical (unpaired) electrons. The molecule has 0 unspecified atom stereocenters. The first kappa shape index (κ1) is 26.2. The van der Waals surface area contributed by atoms with Gasteiger partial charge in [0, 0.05) is 21.9 Å². The van der Waals surface area contributed by atoms with Crippen LogP contribution in [0.4, 0.5) is 16.6 Å². The van der Waals surface area contributed by atoms with E-state index in [0.29, 0.717) is 33.4 Å². The Morgan fingerprint density at radius 1 is 1.08 bits per heavy atom. The molecule has 8 nitrogen and oxygen atoms in total. The van der Waals surface area contributed by atoms with Crippen LogP contribution in [0, 0.1) is 11.3 Å². The van der Waals surface area contributed by atoms with Crippen molar-refractivity contribution < 1.29 is 9.53 Å². The van der Waals surface area contributed by atoms with E-state index in [0.717, 1.165) is 33.9 Å². The van der Waals surface area contributed by atoms with Crippen LogP contribution in [0.1, 0.15) is 47.5 Å². The van der Waals surface area contributed by atoms with Crippen LogP contribution in [0.25, 0.3) is 32.6 Å². The van der Waals surface area contributed by atoms with Gasteiger partial charge in [0.2, 0.25) is 0 Å². The molecule has 0 spiro atoms.